The van der Waals surface area contributed by atoms with Crippen molar-refractivity contribution < 1.29 is 30.8 Å². The molecule has 7 N–H and O–H groups in total. The number of quaternary nitrogens is 1. The molecule has 0 radical (unpaired) electrons. The molecular weight excluding hydrogens is 178 g/mol. The first-order valence-electron chi connectivity index (χ1n) is 4.25. The number of nitrogens with two attached hydrogens (primary N) is 1. The van der Waals surface area contributed by atoms with Crippen molar-refractivity contribution in [3.8, 4) is 0 Å². The predicted molar refractivity (Wildman–Crippen MR) is 39.6 cm³/mol. The Morgan fingerprint density at radius 3 is 2.31 bits per heavy atom. The minimum absolute atomic E-state index is 0.310. The van der Waals surface area contributed by atoms with E-state index < -0.39 is 36.6 Å². The lowest BCUT2D eigenvalue weighted by Gasteiger charge is -2.35. The van der Waals surface area contributed by atoms with E-state index in [9.17, 15) is 20.4 Å². The van der Waals surface area contributed by atoms with Crippen molar-refractivity contribution in [1.29, 1.82) is 0 Å². The maximum absolute atomic E-state index is 9.74. The average Bonchev–Trinajstić information content (AvgIpc) is 2.91. The molecule has 1 heterocycles. The van der Waals surface area contributed by atoms with Crippen LogP contribution in [0.5, 0.6) is 0 Å². The summed E-state index contributed by atoms with van der Waals surface area (Å²) < 4.78 is 0. The number of hydrogen-bond donors (Lipinski definition) is 6. The topological polar surface area (TPSA) is 118 Å². The molecule has 1 saturated carbocycles. The normalized spacial score (nSPS) is 60.2. The third kappa shape index (κ3) is 1.04. The van der Waals surface area contributed by atoms with Crippen LogP contribution in [0, 0.1) is 0 Å². The summed E-state index contributed by atoms with van der Waals surface area (Å²) in [7, 11) is 0. The van der Waals surface area contributed by atoms with E-state index in [1.807, 2.05) is 0 Å². The van der Waals surface area contributed by atoms with Crippen LogP contribution in [0.1, 0.15) is 0 Å². The van der Waals surface area contributed by atoms with E-state index in [2.05, 4.69) is 0 Å². The zero-order valence-electron chi connectivity index (χ0n) is 6.91. The van der Waals surface area contributed by atoms with E-state index in [1.165, 1.54) is 0 Å². The summed E-state index contributed by atoms with van der Waals surface area (Å²) in [5, 5.41) is 48.4. The standard InChI is InChI=1S/C7H13NO5/c9-1-7(13)5-2(8-5)3(10)4(11)6(7)12/h2-6,8-13H,1H2/p+1/t2-,3+,4-,5-,6+,7-/m1/s1. The van der Waals surface area contributed by atoms with Crippen LogP contribution in [-0.2, 0) is 0 Å². The summed E-state index contributed by atoms with van der Waals surface area (Å²) in [5.41, 5.74) is -1.69. The predicted octanol–water partition coefficient (Wildman–Crippen LogP) is -4.88. The molecule has 2 aliphatic rings. The fourth-order valence-corrected chi connectivity index (χ4v) is 2.11. The minimum Gasteiger partial charge on any atom is -0.393 e. The summed E-state index contributed by atoms with van der Waals surface area (Å²) in [5.74, 6) is 0. The van der Waals surface area contributed by atoms with Crippen molar-refractivity contribution in [2.45, 2.75) is 36.0 Å². The summed E-state index contributed by atoms with van der Waals surface area (Å²) in [4.78, 5) is 0. The molecule has 0 amide bonds. The van der Waals surface area contributed by atoms with Crippen molar-refractivity contribution in [3.05, 3.63) is 0 Å². The van der Waals surface area contributed by atoms with E-state index in [0.717, 1.165) is 0 Å². The van der Waals surface area contributed by atoms with Crippen molar-refractivity contribution in [1.82, 2.24) is 0 Å². The summed E-state index contributed by atoms with van der Waals surface area (Å²) >= 11 is 0. The van der Waals surface area contributed by atoms with Crippen LogP contribution in [0.2, 0.25) is 0 Å². The number of fused-ring (bicyclic) bond motifs is 1. The fraction of sp³-hybridized carbons (Fsp3) is 1.00. The Balaban J connectivity index is 2.23. The van der Waals surface area contributed by atoms with Gasteiger partial charge in [0, 0.05) is 0 Å². The van der Waals surface area contributed by atoms with Gasteiger partial charge in [-0.05, 0) is 0 Å². The largest absolute Gasteiger partial charge is 0.393 e. The first-order valence-corrected chi connectivity index (χ1v) is 4.25. The molecule has 6 nitrogen and oxygen atoms in total. The second-order valence-corrected chi connectivity index (χ2v) is 3.87. The third-order valence-electron chi connectivity index (χ3n) is 3.11. The molecule has 0 aromatic rings. The average molecular weight is 192 g/mol. The van der Waals surface area contributed by atoms with Gasteiger partial charge in [0.25, 0.3) is 0 Å². The van der Waals surface area contributed by atoms with Crippen molar-refractivity contribution in [2.24, 2.45) is 0 Å². The molecule has 0 spiro atoms. The quantitative estimate of drug-likeness (QED) is 0.233. The van der Waals surface area contributed by atoms with Gasteiger partial charge in [-0.1, -0.05) is 0 Å². The van der Waals surface area contributed by atoms with Gasteiger partial charge < -0.3 is 30.8 Å². The van der Waals surface area contributed by atoms with Crippen LogP contribution in [-0.4, -0.2) is 68.1 Å². The molecule has 76 valence electrons. The minimum atomic E-state index is -1.69. The molecule has 6 atom stereocenters. The molecule has 2 rings (SSSR count). The highest BCUT2D eigenvalue weighted by molar-refractivity contribution is 5.12. The van der Waals surface area contributed by atoms with E-state index in [-0.39, 0.29) is 6.04 Å². The summed E-state index contributed by atoms with van der Waals surface area (Å²) in [6.45, 7) is -0.615. The Morgan fingerprint density at radius 1 is 1.15 bits per heavy atom. The van der Waals surface area contributed by atoms with Gasteiger partial charge in [-0.15, -0.1) is 0 Å². The maximum Gasteiger partial charge on any atom is 0.175 e. The molecule has 6 heteroatoms. The molecule has 0 aromatic carbocycles. The zero-order valence-corrected chi connectivity index (χ0v) is 6.91. The van der Waals surface area contributed by atoms with E-state index >= 15 is 0 Å². The first-order chi connectivity index (χ1) is 6.02. The van der Waals surface area contributed by atoms with Crippen LogP contribution in [0.4, 0.5) is 0 Å². The summed E-state index contributed by atoms with van der Waals surface area (Å²) in [6.07, 6.45) is -3.92. The number of aliphatic hydroxyl groups excluding tert-OH is 4. The lowest BCUT2D eigenvalue weighted by Crippen LogP contribution is -2.69. The van der Waals surface area contributed by atoms with Gasteiger partial charge in [-0.3, -0.25) is 0 Å². The van der Waals surface area contributed by atoms with Crippen LogP contribution in [0.25, 0.3) is 0 Å². The van der Waals surface area contributed by atoms with Gasteiger partial charge in [0.1, 0.15) is 18.3 Å². The molecular formula is C7H14NO5+. The second-order valence-electron chi connectivity index (χ2n) is 3.87. The van der Waals surface area contributed by atoms with Crippen molar-refractivity contribution in [3.63, 3.8) is 0 Å². The van der Waals surface area contributed by atoms with Gasteiger partial charge in [-0.2, -0.15) is 0 Å². The zero-order chi connectivity index (χ0) is 9.80. The lowest BCUT2D eigenvalue weighted by molar-refractivity contribution is -0.531. The lowest BCUT2D eigenvalue weighted by atomic mass is 9.79. The Labute approximate surface area is 74.4 Å². The highest BCUT2D eigenvalue weighted by atomic mass is 16.4. The number of hydrogen-bond acceptors (Lipinski definition) is 5. The molecule has 13 heavy (non-hydrogen) atoms. The molecule has 0 unspecified atom stereocenters. The van der Waals surface area contributed by atoms with Crippen molar-refractivity contribution >= 4 is 0 Å². The fourth-order valence-electron chi connectivity index (χ4n) is 2.11. The molecule has 2 fully saturated rings. The molecule has 0 aromatic heterocycles. The van der Waals surface area contributed by atoms with Gasteiger partial charge in [0.2, 0.25) is 0 Å². The Hall–Kier alpha value is -0.240. The number of rotatable bonds is 1. The van der Waals surface area contributed by atoms with Crippen molar-refractivity contribution in [2.75, 3.05) is 6.61 Å². The maximum atomic E-state index is 9.74. The van der Waals surface area contributed by atoms with Gasteiger partial charge >= 0.3 is 0 Å². The van der Waals surface area contributed by atoms with Crippen LogP contribution < -0.4 is 5.32 Å². The highest BCUT2D eigenvalue weighted by Gasteiger charge is 2.70. The van der Waals surface area contributed by atoms with Crippen LogP contribution in [0.15, 0.2) is 0 Å². The Kier molecular flexibility index (Phi) is 1.88. The van der Waals surface area contributed by atoms with E-state index in [0.29, 0.717) is 0 Å². The molecule has 0 bridgehead atoms. The van der Waals surface area contributed by atoms with Crippen LogP contribution in [0.3, 0.4) is 0 Å². The third-order valence-corrected chi connectivity index (χ3v) is 3.11. The molecule has 1 aliphatic carbocycles. The van der Waals surface area contributed by atoms with Gasteiger partial charge in [0.15, 0.2) is 17.7 Å². The second kappa shape index (κ2) is 2.63. The molecule has 1 saturated heterocycles. The molecule has 1 aliphatic heterocycles. The van der Waals surface area contributed by atoms with Crippen LogP contribution >= 0.6 is 0 Å². The Morgan fingerprint density at radius 2 is 1.77 bits per heavy atom. The highest BCUT2D eigenvalue weighted by Crippen LogP contribution is 2.31. The Bertz CT molecular complexity index is 225. The van der Waals surface area contributed by atoms with Gasteiger partial charge in [0.05, 0.1) is 6.61 Å². The SMILES string of the molecule is OC[C@@]1(O)[C@@H]2[NH2+][C@@H]2[C@H](O)[C@@H](O)[C@@H]1O. The summed E-state index contributed by atoms with van der Waals surface area (Å²) in [6, 6.07) is -0.721. The first kappa shape index (κ1) is 9.32. The van der Waals surface area contributed by atoms with E-state index in [1.54, 1.807) is 5.32 Å². The number of aliphatic hydroxyl groups is 5. The van der Waals surface area contributed by atoms with Gasteiger partial charge in [-0.25, -0.2) is 0 Å². The monoisotopic (exact) mass is 192 g/mol. The van der Waals surface area contributed by atoms with E-state index in [4.69, 9.17) is 5.11 Å². The smallest absolute Gasteiger partial charge is 0.175 e.